The lowest BCUT2D eigenvalue weighted by atomic mass is 9.97. The molecule has 2 aliphatic rings. The van der Waals surface area contributed by atoms with Gasteiger partial charge < -0.3 is 9.64 Å². The second-order valence-electron chi connectivity index (χ2n) is 8.01. The summed E-state index contributed by atoms with van der Waals surface area (Å²) >= 11 is 0. The average molecular weight is 388 g/mol. The molecule has 0 radical (unpaired) electrons. The first-order chi connectivity index (χ1) is 14.3. The van der Waals surface area contributed by atoms with Gasteiger partial charge in [0.1, 0.15) is 5.69 Å². The van der Waals surface area contributed by atoms with Gasteiger partial charge in [0.05, 0.1) is 17.8 Å². The highest BCUT2D eigenvalue weighted by atomic mass is 16.5. The van der Waals surface area contributed by atoms with Crippen molar-refractivity contribution in [1.82, 2.24) is 20.1 Å². The number of pyridine rings is 1. The first-order valence-electron chi connectivity index (χ1n) is 10.4. The molecule has 2 aromatic heterocycles. The van der Waals surface area contributed by atoms with Crippen molar-refractivity contribution in [1.29, 1.82) is 0 Å². The smallest absolute Gasteiger partial charge is 0.272 e. The number of carbonyl (C=O) groups is 1. The molecule has 3 heterocycles. The summed E-state index contributed by atoms with van der Waals surface area (Å²) in [5, 5.41) is 9.50. The fourth-order valence-electron chi connectivity index (χ4n) is 3.86. The van der Waals surface area contributed by atoms with Crippen LogP contribution in [0.4, 0.5) is 0 Å². The van der Waals surface area contributed by atoms with Crippen LogP contribution in [0.2, 0.25) is 0 Å². The van der Waals surface area contributed by atoms with Crippen LogP contribution < -0.4 is 4.74 Å². The van der Waals surface area contributed by atoms with E-state index >= 15 is 0 Å². The van der Waals surface area contributed by atoms with Gasteiger partial charge in [-0.15, -0.1) is 5.10 Å². The number of ether oxygens (including phenoxy) is 1. The van der Waals surface area contributed by atoms with Crippen LogP contribution in [0.1, 0.15) is 47.8 Å². The van der Waals surface area contributed by atoms with E-state index in [-0.39, 0.29) is 5.91 Å². The Kier molecular flexibility index (Phi) is 4.84. The summed E-state index contributed by atoms with van der Waals surface area (Å²) in [6.07, 6.45) is 4.29. The molecular formula is C23H24N4O2. The maximum absolute atomic E-state index is 12.8. The lowest BCUT2D eigenvalue weighted by molar-refractivity contribution is 0.0653. The van der Waals surface area contributed by atoms with Crippen LogP contribution in [0, 0.1) is 5.92 Å². The Labute approximate surface area is 169 Å². The summed E-state index contributed by atoms with van der Waals surface area (Å²) in [6.45, 7) is 2.08. The number of piperidine rings is 1. The molecule has 6 heteroatoms. The van der Waals surface area contributed by atoms with E-state index in [1.54, 1.807) is 0 Å². The van der Waals surface area contributed by atoms with E-state index in [2.05, 4.69) is 15.2 Å². The summed E-state index contributed by atoms with van der Waals surface area (Å²) in [5.74, 6) is 1.63. The summed E-state index contributed by atoms with van der Waals surface area (Å²) in [4.78, 5) is 19.3. The largest absolute Gasteiger partial charge is 0.476 e. The molecule has 1 aliphatic carbocycles. The van der Waals surface area contributed by atoms with Gasteiger partial charge in [-0.25, -0.2) is 4.98 Å². The van der Waals surface area contributed by atoms with Gasteiger partial charge in [-0.3, -0.25) is 4.79 Å². The molecule has 0 bridgehead atoms. The number of benzene rings is 1. The van der Waals surface area contributed by atoms with Gasteiger partial charge in [-0.1, -0.05) is 24.3 Å². The molecule has 0 atom stereocenters. The Hall–Kier alpha value is -3.02. The molecule has 148 valence electrons. The Morgan fingerprint density at radius 1 is 0.966 bits per heavy atom. The number of hydrogen-bond donors (Lipinski definition) is 0. The maximum atomic E-state index is 12.8. The summed E-state index contributed by atoms with van der Waals surface area (Å²) < 4.78 is 5.84. The van der Waals surface area contributed by atoms with E-state index in [9.17, 15) is 4.79 Å². The van der Waals surface area contributed by atoms with Gasteiger partial charge in [-0.2, -0.15) is 5.10 Å². The quantitative estimate of drug-likeness (QED) is 0.664. The van der Waals surface area contributed by atoms with Gasteiger partial charge >= 0.3 is 0 Å². The predicted molar refractivity (Wildman–Crippen MR) is 110 cm³/mol. The highest BCUT2D eigenvalue weighted by molar-refractivity contribution is 5.94. The number of fused-ring (bicyclic) bond motifs is 1. The third-order valence-corrected chi connectivity index (χ3v) is 5.84. The Morgan fingerprint density at radius 3 is 2.55 bits per heavy atom. The van der Waals surface area contributed by atoms with Crippen LogP contribution >= 0.6 is 0 Å². The second-order valence-corrected chi connectivity index (χ2v) is 8.01. The Morgan fingerprint density at radius 2 is 1.79 bits per heavy atom. The van der Waals surface area contributed by atoms with E-state index in [0.29, 0.717) is 30.0 Å². The fraction of sp³-hybridized carbons (Fsp3) is 0.391. The molecule has 1 saturated carbocycles. The molecule has 0 spiro atoms. The number of rotatable bonds is 5. The summed E-state index contributed by atoms with van der Waals surface area (Å²) in [5.41, 5.74) is 2.45. The van der Waals surface area contributed by atoms with Gasteiger partial charge in [0.15, 0.2) is 0 Å². The minimum Gasteiger partial charge on any atom is -0.476 e. The van der Waals surface area contributed by atoms with E-state index in [1.165, 1.54) is 12.8 Å². The lowest BCUT2D eigenvalue weighted by Gasteiger charge is -2.31. The predicted octanol–water partition coefficient (Wildman–Crippen LogP) is 3.83. The first-order valence-corrected chi connectivity index (χ1v) is 10.4. The molecule has 29 heavy (non-hydrogen) atoms. The fourth-order valence-corrected chi connectivity index (χ4v) is 3.86. The maximum Gasteiger partial charge on any atom is 0.272 e. The zero-order valence-corrected chi connectivity index (χ0v) is 16.3. The number of likely N-dealkylation sites (tertiary alicyclic amines) is 1. The van der Waals surface area contributed by atoms with Crippen molar-refractivity contribution in [3.05, 3.63) is 59.9 Å². The Bertz CT molecular complexity index is 1010. The second kappa shape index (κ2) is 7.78. The zero-order valence-electron chi connectivity index (χ0n) is 16.3. The molecule has 1 amide bonds. The monoisotopic (exact) mass is 388 g/mol. The average Bonchev–Trinajstić information content (AvgIpc) is 3.63. The van der Waals surface area contributed by atoms with Crippen LogP contribution in [-0.2, 0) is 0 Å². The Balaban J connectivity index is 1.14. The van der Waals surface area contributed by atoms with Gasteiger partial charge in [0, 0.05) is 30.5 Å². The zero-order chi connectivity index (χ0) is 19.6. The van der Waals surface area contributed by atoms with Crippen LogP contribution in [0.5, 0.6) is 5.88 Å². The van der Waals surface area contributed by atoms with E-state index in [4.69, 9.17) is 4.74 Å². The van der Waals surface area contributed by atoms with Crippen molar-refractivity contribution in [3.63, 3.8) is 0 Å². The molecule has 3 aromatic rings. The topological polar surface area (TPSA) is 68.2 Å². The number of hydrogen-bond acceptors (Lipinski definition) is 5. The third-order valence-electron chi connectivity index (χ3n) is 5.84. The van der Waals surface area contributed by atoms with Gasteiger partial charge in [-0.05, 0) is 49.8 Å². The van der Waals surface area contributed by atoms with Crippen molar-refractivity contribution < 1.29 is 9.53 Å². The number of nitrogens with zero attached hydrogens (tertiary/aromatic N) is 4. The SMILES string of the molecule is O=C(c1ccc2ccccc2n1)N1CCC(COc2ccc(C3CC3)nn2)CC1. The van der Waals surface area contributed by atoms with Crippen molar-refractivity contribution in [2.75, 3.05) is 19.7 Å². The highest BCUT2D eigenvalue weighted by Gasteiger charge is 2.26. The summed E-state index contributed by atoms with van der Waals surface area (Å²) in [7, 11) is 0. The number of carbonyl (C=O) groups excluding carboxylic acids is 1. The molecule has 1 saturated heterocycles. The number of amides is 1. The van der Waals surface area contributed by atoms with Crippen LogP contribution in [-0.4, -0.2) is 45.7 Å². The molecule has 2 fully saturated rings. The first kappa shape index (κ1) is 18.0. The molecule has 0 unspecified atom stereocenters. The molecule has 5 rings (SSSR count). The minimum atomic E-state index is 0.0108. The minimum absolute atomic E-state index is 0.0108. The van der Waals surface area contributed by atoms with E-state index in [1.807, 2.05) is 53.4 Å². The van der Waals surface area contributed by atoms with E-state index in [0.717, 1.165) is 42.5 Å². The number of para-hydroxylation sites is 1. The van der Waals surface area contributed by atoms with Gasteiger partial charge in [0.25, 0.3) is 5.91 Å². The standard InChI is InChI=1S/C23H24N4O2/c28-23(21-8-7-17-3-1-2-4-19(17)24-21)27-13-11-16(12-14-27)15-29-22-10-9-20(25-26-22)18-5-6-18/h1-4,7-10,16,18H,5-6,11-15H2. The summed E-state index contributed by atoms with van der Waals surface area (Å²) in [6, 6.07) is 15.6. The van der Waals surface area contributed by atoms with Crippen molar-refractivity contribution in [2.24, 2.45) is 5.92 Å². The van der Waals surface area contributed by atoms with Gasteiger partial charge in [0.2, 0.25) is 5.88 Å². The molecular weight excluding hydrogens is 364 g/mol. The molecule has 1 aromatic carbocycles. The highest BCUT2D eigenvalue weighted by Crippen LogP contribution is 2.38. The van der Waals surface area contributed by atoms with Crippen LogP contribution in [0.25, 0.3) is 10.9 Å². The number of aromatic nitrogens is 3. The molecule has 1 aliphatic heterocycles. The van der Waals surface area contributed by atoms with E-state index < -0.39 is 0 Å². The normalized spacial score (nSPS) is 17.4. The molecule has 0 N–H and O–H groups in total. The molecule has 6 nitrogen and oxygen atoms in total. The van der Waals surface area contributed by atoms with Crippen molar-refractivity contribution in [2.45, 2.75) is 31.6 Å². The van der Waals surface area contributed by atoms with Crippen molar-refractivity contribution in [3.8, 4) is 5.88 Å². The van der Waals surface area contributed by atoms with Crippen LogP contribution in [0.3, 0.4) is 0 Å². The lowest BCUT2D eigenvalue weighted by Crippen LogP contribution is -2.40. The van der Waals surface area contributed by atoms with Crippen LogP contribution in [0.15, 0.2) is 48.5 Å². The van der Waals surface area contributed by atoms with Crippen molar-refractivity contribution >= 4 is 16.8 Å². The third kappa shape index (κ3) is 4.06.